The highest BCUT2D eigenvalue weighted by molar-refractivity contribution is 6.13. The molecule has 3 aromatic rings. The predicted octanol–water partition coefficient (Wildman–Crippen LogP) is 4.89. The quantitative estimate of drug-likeness (QED) is 0.492. The Balaban J connectivity index is 1.39. The van der Waals surface area contributed by atoms with E-state index in [-0.39, 0.29) is 17.4 Å². The van der Waals surface area contributed by atoms with Crippen LogP contribution in [0.1, 0.15) is 47.1 Å². The third-order valence-electron chi connectivity index (χ3n) is 7.82. The highest BCUT2D eigenvalue weighted by Crippen LogP contribution is 2.40. The molecule has 210 valence electrons. The fourth-order valence-electron chi connectivity index (χ4n) is 5.42. The number of fused-ring (bicyclic) bond motifs is 2. The molecule has 2 aromatic carbocycles. The SMILES string of the molecule is COCc1cc(C(=O)N2CCN(C(C)(C)C)CC2)ccc1Nc1cc2c(cn1)N(C)C(=O)c1ccccc1N2C. The number of piperazine rings is 1. The van der Waals surface area contributed by atoms with Gasteiger partial charge in [0.2, 0.25) is 0 Å². The number of carbonyl (C=O) groups is 2. The number of aromatic nitrogens is 1. The molecule has 0 aliphatic carbocycles. The van der Waals surface area contributed by atoms with Crippen LogP contribution >= 0.6 is 0 Å². The molecule has 9 nitrogen and oxygen atoms in total. The normalized spacial score (nSPS) is 15.9. The van der Waals surface area contributed by atoms with E-state index < -0.39 is 0 Å². The van der Waals surface area contributed by atoms with Crippen molar-refractivity contribution in [3.8, 4) is 0 Å². The molecule has 40 heavy (non-hydrogen) atoms. The molecule has 0 radical (unpaired) electrons. The van der Waals surface area contributed by atoms with Gasteiger partial charge in [-0.05, 0) is 51.1 Å². The molecule has 0 spiro atoms. The van der Waals surface area contributed by atoms with Crippen molar-refractivity contribution in [2.45, 2.75) is 32.9 Å². The summed E-state index contributed by atoms with van der Waals surface area (Å²) in [5.41, 5.74) is 5.47. The fourth-order valence-corrected chi connectivity index (χ4v) is 5.42. The van der Waals surface area contributed by atoms with Crippen LogP contribution in [0.4, 0.5) is 28.6 Å². The molecule has 0 atom stereocenters. The smallest absolute Gasteiger partial charge is 0.260 e. The van der Waals surface area contributed by atoms with Crippen LogP contribution in [0, 0.1) is 0 Å². The van der Waals surface area contributed by atoms with Gasteiger partial charge in [-0.2, -0.15) is 0 Å². The Morgan fingerprint density at radius 2 is 1.68 bits per heavy atom. The molecule has 5 rings (SSSR count). The highest BCUT2D eigenvalue weighted by Gasteiger charge is 2.29. The van der Waals surface area contributed by atoms with E-state index >= 15 is 0 Å². The monoisotopic (exact) mass is 542 g/mol. The minimum Gasteiger partial charge on any atom is -0.380 e. The summed E-state index contributed by atoms with van der Waals surface area (Å²) in [4.78, 5) is 39.1. The molecule has 1 aromatic heterocycles. The van der Waals surface area contributed by atoms with E-state index in [1.54, 1.807) is 25.3 Å². The second kappa shape index (κ2) is 10.9. The van der Waals surface area contributed by atoms with Crippen molar-refractivity contribution in [3.05, 3.63) is 71.4 Å². The molecule has 2 aliphatic rings. The molecule has 0 saturated carbocycles. The van der Waals surface area contributed by atoms with Crippen molar-refractivity contribution in [1.29, 1.82) is 0 Å². The summed E-state index contributed by atoms with van der Waals surface area (Å²) in [6, 6.07) is 15.2. The zero-order chi connectivity index (χ0) is 28.6. The van der Waals surface area contributed by atoms with Gasteiger partial charge >= 0.3 is 0 Å². The minimum atomic E-state index is -0.0776. The number of hydrogen-bond acceptors (Lipinski definition) is 7. The number of anilines is 5. The highest BCUT2D eigenvalue weighted by atomic mass is 16.5. The van der Waals surface area contributed by atoms with Gasteiger partial charge in [-0.3, -0.25) is 14.5 Å². The average molecular weight is 543 g/mol. The number of carbonyl (C=O) groups excluding carboxylic acids is 2. The van der Waals surface area contributed by atoms with Crippen LogP contribution in [0.2, 0.25) is 0 Å². The van der Waals surface area contributed by atoms with Gasteiger partial charge in [0.05, 0.1) is 35.4 Å². The Bertz CT molecular complexity index is 1420. The van der Waals surface area contributed by atoms with E-state index in [1.807, 2.05) is 65.4 Å². The maximum absolute atomic E-state index is 13.4. The molecular weight excluding hydrogens is 504 g/mol. The van der Waals surface area contributed by atoms with Crippen molar-refractivity contribution < 1.29 is 14.3 Å². The summed E-state index contributed by atoms with van der Waals surface area (Å²) in [5, 5.41) is 3.41. The topological polar surface area (TPSA) is 81.2 Å². The molecule has 1 N–H and O–H groups in total. The van der Waals surface area contributed by atoms with Gasteiger partial charge in [0, 0.05) is 75.8 Å². The fraction of sp³-hybridized carbons (Fsp3) is 0.387. The van der Waals surface area contributed by atoms with Crippen molar-refractivity contribution in [3.63, 3.8) is 0 Å². The van der Waals surface area contributed by atoms with Crippen molar-refractivity contribution in [1.82, 2.24) is 14.8 Å². The summed E-state index contributed by atoms with van der Waals surface area (Å²) >= 11 is 0. The van der Waals surface area contributed by atoms with Gasteiger partial charge in [-0.25, -0.2) is 4.98 Å². The van der Waals surface area contributed by atoms with Gasteiger partial charge in [0.25, 0.3) is 11.8 Å². The lowest BCUT2D eigenvalue weighted by molar-refractivity contribution is 0.0451. The predicted molar refractivity (Wildman–Crippen MR) is 159 cm³/mol. The number of pyridine rings is 1. The minimum absolute atomic E-state index is 0.0358. The first kappa shape index (κ1) is 27.6. The van der Waals surface area contributed by atoms with Gasteiger partial charge in [-0.1, -0.05) is 12.1 Å². The summed E-state index contributed by atoms with van der Waals surface area (Å²) in [6.07, 6.45) is 1.71. The first-order valence-electron chi connectivity index (χ1n) is 13.6. The summed E-state index contributed by atoms with van der Waals surface area (Å²) < 4.78 is 5.48. The summed E-state index contributed by atoms with van der Waals surface area (Å²) in [5.74, 6) is 0.584. The van der Waals surface area contributed by atoms with Crippen molar-refractivity contribution >= 4 is 40.4 Å². The zero-order valence-electron chi connectivity index (χ0n) is 24.2. The molecular formula is C31H38N6O3. The third-order valence-corrected chi connectivity index (χ3v) is 7.82. The van der Waals surface area contributed by atoms with E-state index in [2.05, 4.69) is 36.0 Å². The third kappa shape index (κ3) is 5.26. The van der Waals surface area contributed by atoms with E-state index in [0.717, 1.165) is 41.4 Å². The number of amides is 2. The van der Waals surface area contributed by atoms with Crippen LogP contribution in [0.15, 0.2) is 54.7 Å². The lowest BCUT2D eigenvalue weighted by atomic mass is 10.0. The number of ether oxygens (including phenoxy) is 1. The summed E-state index contributed by atoms with van der Waals surface area (Å²) in [6.45, 7) is 10.1. The number of hydrogen-bond donors (Lipinski definition) is 1. The van der Waals surface area contributed by atoms with Crippen LogP contribution < -0.4 is 15.1 Å². The Labute approximate surface area is 236 Å². The summed E-state index contributed by atoms with van der Waals surface area (Å²) in [7, 11) is 5.36. The van der Waals surface area contributed by atoms with Crippen LogP contribution in [-0.4, -0.2) is 79.5 Å². The van der Waals surface area contributed by atoms with E-state index in [4.69, 9.17) is 4.74 Å². The Morgan fingerprint density at radius 1 is 0.950 bits per heavy atom. The van der Waals surface area contributed by atoms with Gasteiger partial charge in [-0.15, -0.1) is 0 Å². The molecule has 0 bridgehead atoms. The van der Waals surface area contributed by atoms with E-state index in [1.165, 1.54) is 0 Å². The largest absolute Gasteiger partial charge is 0.380 e. The standard InChI is InChI=1S/C31H38N6O3/c1-31(2,3)37-15-13-36(14-16-37)29(38)21-11-12-24(22(17-21)20-40-6)33-28-18-26-27(19-32-28)35(5)30(39)23-9-7-8-10-25(23)34(26)4/h7-12,17-19H,13-16,20H2,1-6H3,(H,32,33). The van der Waals surface area contributed by atoms with Crippen LogP contribution in [0.25, 0.3) is 0 Å². The maximum atomic E-state index is 13.4. The Hall–Kier alpha value is -3.95. The van der Waals surface area contributed by atoms with Gasteiger partial charge in [0.15, 0.2) is 0 Å². The van der Waals surface area contributed by atoms with Crippen molar-refractivity contribution in [2.75, 3.05) is 62.5 Å². The molecule has 1 fully saturated rings. The van der Waals surface area contributed by atoms with Crippen LogP contribution in [0.5, 0.6) is 0 Å². The zero-order valence-corrected chi connectivity index (χ0v) is 24.2. The molecule has 2 aliphatic heterocycles. The number of benzene rings is 2. The molecule has 1 saturated heterocycles. The van der Waals surface area contributed by atoms with E-state index in [0.29, 0.717) is 36.6 Å². The molecule has 3 heterocycles. The second-order valence-corrected chi connectivity index (χ2v) is 11.4. The number of nitrogens with zero attached hydrogens (tertiary/aromatic N) is 5. The average Bonchev–Trinajstić information content (AvgIpc) is 3.03. The number of methoxy groups -OCH3 is 1. The second-order valence-electron chi connectivity index (χ2n) is 11.4. The molecule has 0 unspecified atom stereocenters. The van der Waals surface area contributed by atoms with Crippen LogP contribution in [0.3, 0.4) is 0 Å². The molecule has 2 amide bonds. The van der Waals surface area contributed by atoms with Gasteiger partial charge in [0.1, 0.15) is 5.82 Å². The van der Waals surface area contributed by atoms with Crippen LogP contribution in [-0.2, 0) is 11.3 Å². The lowest BCUT2D eigenvalue weighted by Crippen LogP contribution is -2.54. The van der Waals surface area contributed by atoms with E-state index in [9.17, 15) is 9.59 Å². The first-order valence-corrected chi connectivity index (χ1v) is 13.6. The number of nitrogens with one attached hydrogen (secondary N) is 1. The Kier molecular flexibility index (Phi) is 7.53. The van der Waals surface area contributed by atoms with Gasteiger partial charge < -0.3 is 24.8 Å². The number of para-hydroxylation sites is 1. The maximum Gasteiger partial charge on any atom is 0.260 e. The first-order chi connectivity index (χ1) is 19.1. The molecule has 9 heteroatoms. The number of rotatable bonds is 5. The Morgan fingerprint density at radius 3 is 2.38 bits per heavy atom. The van der Waals surface area contributed by atoms with Crippen molar-refractivity contribution in [2.24, 2.45) is 0 Å². The lowest BCUT2D eigenvalue weighted by Gasteiger charge is -2.42.